The molecule has 2 rings (SSSR count). The van der Waals surface area contributed by atoms with Gasteiger partial charge in [0.05, 0.1) is 0 Å². The van der Waals surface area contributed by atoms with Gasteiger partial charge >= 0.3 is 12.1 Å². The SMILES string of the molecule is CNC(=O)NC(=O)CN1C(=O)NC2(CCCCCCC2)C1=O. The lowest BCUT2D eigenvalue weighted by Gasteiger charge is -2.28. The van der Waals surface area contributed by atoms with Gasteiger partial charge in [-0.3, -0.25) is 19.8 Å². The molecule has 2 aliphatic rings. The molecule has 122 valence electrons. The molecule has 0 aromatic heterocycles. The summed E-state index contributed by atoms with van der Waals surface area (Å²) in [6, 6.07) is -1.23. The van der Waals surface area contributed by atoms with Crippen LogP contribution < -0.4 is 16.0 Å². The monoisotopic (exact) mass is 310 g/mol. The van der Waals surface area contributed by atoms with Gasteiger partial charge in [0.15, 0.2) is 0 Å². The molecule has 8 heteroatoms. The van der Waals surface area contributed by atoms with Gasteiger partial charge in [-0.15, -0.1) is 0 Å². The van der Waals surface area contributed by atoms with Crippen LogP contribution in [0, 0.1) is 0 Å². The van der Waals surface area contributed by atoms with Crippen molar-refractivity contribution in [1.82, 2.24) is 20.9 Å². The van der Waals surface area contributed by atoms with E-state index in [1.165, 1.54) is 7.05 Å². The molecule has 0 atom stereocenters. The van der Waals surface area contributed by atoms with E-state index >= 15 is 0 Å². The van der Waals surface area contributed by atoms with E-state index in [-0.39, 0.29) is 5.91 Å². The zero-order valence-corrected chi connectivity index (χ0v) is 12.7. The molecule has 1 aliphatic carbocycles. The van der Waals surface area contributed by atoms with Gasteiger partial charge in [-0.25, -0.2) is 9.59 Å². The summed E-state index contributed by atoms with van der Waals surface area (Å²) in [5.74, 6) is -1.04. The zero-order chi connectivity index (χ0) is 16.2. The van der Waals surface area contributed by atoms with Gasteiger partial charge in [-0.2, -0.15) is 0 Å². The predicted octanol–water partition coefficient (Wildman–Crippen LogP) is 0.477. The largest absolute Gasteiger partial charge is 0.341 e. The highest BCUT2D eigenvalue weighted by molar-refractivity contribution is 6.09. The van der Waals surface area contributed by atoms with E-state index in [2.05, 4.69) is 10.6 Å². The lowest BCUT2D eigenvalue weighted by molar-refractivity contribution is -0.135. The summed E-state index contributed by atoms with van der Waals surface area (Å²) in [5, 5.41) is 7.06. The number of carbonyl (C=O) groups is 4. The Balaban J connectivity index is 2.04. The molecule has 22 heavy (non-hydrogen) atoms. The van der Waals surface area contributed by atoms with E-state index < -0.39 is 30.1 Å². The summed E-state index contributed by atoms with van der Waals surface area (Å²) in [6.07, 6.45) is 6.20. The van der Waals surface area contributed by atoms with E-state index in [0.29, 0.717) is 12.8 Å². The molecule has 6 amide bonds. The summed E-state index contributed by atoms with van der Waals surface area (Å²) in [5.41, 5.74) is -0.870. The molecule has 3 N–H and O–H groups in total. The number of amides is 6. The van der Waals surface area contributed by atoms with Gasteiger partial charge in [0.2, 0.25) is 5.91 Å². The number of nitrogens with zero attached hydrogens (tertiary/aromatic N) is 1. The molecule has 0 aromatic rings. The van der Waals surface area contributed by atoms with E-state index in [9.17, 15) is 19.2 Å². The van der Waals surface area contributed by atoms with Crippen LogP contribution in [0.5, 0.6) is 0 Å². The first-order valence-corrected chi connectivity index (χ1v) is 7.64. The molecule has 0 radical (unpaired) electrons. The number of hydrogen-bond acceptors (Lipinski definition) is 4. The summed E-state index contributed by atoms with van der Waals surface area (Å²) >= 11 is 0. The summed E-state index contributed by atoms with van der Waals surface area (Å²) in [7, 11) is 1.37. The molecule has 1 aliphatic heterocycles. The zero-order valence-electron chi connectivity index (χ0n) is 12.7. The molecule has 1 heterocycles. The van der Waals surface area contributed by atoms with Gasteiger partial charge in [0, 0.05) is 7.05 Å². The fourth-order valence-electron chi connectivity index (χ4n) is 3.04. The quantitative estimate of drug-likeness (QED) is 0.645. The van der Waals surface area contributed by atoms with Crippen LogP contribution in [0.1, 0.15) is 44.9 Å². The standard InChI is InChI=1S/C14H22N4O4/c1-15-12(21)16-10(19)9-18-11(20)14(17-13(18)22)7-5-3-2-4-6-8-14/h2-9H2,1H3,(H,17,22)(H2,15,16,19,21). The highest BCUT2D eigenvalue weighted by atomic mass is 16.2. The molecule has 0 unspecified atom stereocenters. The highest BCUT2D eigenvalue weighted by Gasteiger charge is 2.50. The van der Waals surface area contributed by atoms with Crippen LogP contribution in [0.4, 0.5) is 9.59 Å². The summed E-state index contributed by atoms with van der Waals surface area (Å²) < 4.78 is 0. The molecule has 1 saturated heterocycles. The number of hydrogen-bond donors (Lipinski definition) is 3. The summed E-state index contributed by atoms with van der Waals surface area (Å²) in [6.45, 7) is -0.445. The maximum absolute atomic E-state index is 12.6. The summed E-state index contributed by atoms with van der Waals surface area (Å²) in [4.78, 5) is 48.4. The number of nitrogens with one attached hydrogen (secondary N) is 3. The van der Waals surface area contributed by atoms with Crippen LogP contribution in [0.2, 0.25) is 0 Å². The molecule has 1 saturated carbocycles. The number of carbonyl (C=O) groups excluding carboxylic acids is 4. The Hall–Kier alpha value is -2.12. The minimum atomic E-state index is -0.870. The van der Waals surface area contributed by atoms with Crippen molar-refractivity contribution in [2.45, 2.75) is 50.5 Å². The van der Waals surface area contributed by atoms with Crippen LogP contribution in [0.15, 0.2) is 0 Å². The molecule has 2 fully saturated rings. The minimum Gasteiger partial charge on any atom is -0.341 e. The van der Waals surface area contributed by atoms with Crippen molar-refractivity contribution in [3.63, 3.8) is 0 Å². The Morgan fingerprint density at radius 3 is 2.32 bits per heavy atom. The van der Waals surface area contributed by atoms with E-state index in [1.54, 1.807) is 0 Å². The van der Waals surface area contributed by atoms with E-state index in [4.69, 9.17) is 0 Å². The van der Waals surface area contributed by atoms with E-state index in [0.717, 1.165) is 37.0 Å². The Morgan fingerprint density at radius 1 is 1.14 bits per heavy atom. The van der Waals surface area contributed by atoms with Gasteiger partial charge in [-0.05, 0) is 12.8 Å². The second-order valence-electron chi connectivity index (χ2n) is 5.80. The average Bonchev–Trinajstić information content (AvgIpc) is 2.68. The van der Waals surface area contributed by atoms with Crippen molar-refractivity contribution in [2.75, 3.05) is 13.6 Å². The number of urea groups is 2. The predicted molar refractivity (Wildman–Crippen MR) is 77.9 cm³/mol. The topological polar surface area (TPSA) is 108 Å². The highest BCUT2D eigenvalue weighted by Crippen LogP contribution is 2.31. The molecule has 8 nitrogen and oxygen atoms in total. The third-order valence-corrected chi connectivity index (χ3v) is 4.23. The molecule has 1 spiro atoms. The van der Waals surface area contributed by atoms with Gasteiger partial charge < -0.3 is 10.6 Å². The van der Waals surface area contributed by atoms with Crippen LogP contribution in [-0.4, -0.2) is 47.9 Å². The van der Waals surface area contributed by atoms with Crippen LogP contribution in [0.25, 0.3) is 0 Å². The lowest BCUT2D eigenvalue weighted by atomic mass is 9.84. The second-order valence-corrected chi connectivity index (χ2v) is 5.80. The molecule has 0 aromatic carbocycles. The van der Waals surface area contributed by atoms with Crippen molar-refractivity contribution < 1.29 is 19.2 Å². The van der Waals surface area contributed by atoms with Crippen LogP contribution in [-0.2, 0) is 9.59 Å². The maximum Gasteiger partial charge on any atom is 0.325 e. The maximum atomic E-state index is 12.6. The third-order valence-electron chi connectivity index (χ3n) is 4.23. The first kappa shape index (κ1) is 16.3. The first-order chi connectivity index (χ1) is 10.5. The van der Waals surface area contributed by atoms with Crippen molar-refractivity contribution in [1.29, 1.82) is 0 Å². The van der Waals surface area contributed by atoms with Crippen molar-refractivity contribution in [3.8, 4) is 0 Å². The third kappa shape index (κ3) is 3.37. The Bertz CT molecular complexity index is 483. The average molecular weight is 310 g/mol. The Labute approximate surface area is 129 Å². The van der Waals surface area contributed by atoms with Crippen LogP contribution >= 0.6 is 0 Å². The molecular weight excluding hydrogens is 288 g/mol. The Morgan fingerprint density at radius 2 is 1.73 bits per heavy atom. The van der Waals surface area contributed by atoms with Crippen LogP contribution in [0.3, 0.4) is 0 Å². The fraction of sp³-hybridized carbons (Fsp3) is 0.714. The minimum absolute atomic E-state index is 0.355. The second kappa shape index (κ2) is 6.76. The van der Waals surface area contributed by atoms with Gasteiger partial charge in [0.25, 0.3) is 5.91 Å². The van der Waals surface area contributed by atoms with Gasteiger partial charge in [-0.1, -0.05) is 32.1 Å². The van der Waals surface area contributed by atoms with Crippen molar-refractivity contribution in [2.24, 2.45) is 0 Å². The molecule has 0 bridgehead atoms. The van der Waals surface area contributed by atoms with Crippen molar-refractivity contribution >= 4 is 23.9 Å². The number of imide groups is 2. The number of rotatable bonds is 2. The van der Waals surface area contributed by atoms with Crippen molar-refractivity contribution in [3.05, 3.63) is 0 Å². The normalized spacial score (nSPS) is 21.0. The van der Waals surface area contributed by atoms with E-state index in [1.807, 2.05) is 5.32 Å². The molecular formula is C14H22N4O4. The lowest BCUT2D eigenvalue weighted by Crippen LogP contribution is -2.48. The smallest absolute Gasteiger partial charge is 0.325 e. The Kier molecular flexibility index (Phi) is 4.99. The first-order valence-electron chi connectivity index (χ1n) is 7.64. The van der Waals surface area contributed by atoms with Gasteiger partial charge in [0.1, 0.15) is 12.1 Å². The fourth-order valence-corrected chi connectivity index (χ4v) is 3.04.